The van der Waals surface area contributed by atoms with E-state index in [0.717, 1.165) is 38.8 Å². The summed E-state index contributed by atoms with van der Waals surface area (Å²) in [5, 5.41) is 3.02. The maximum Gasteiger partial charge on any atom is 0.255 e. The van der Waals surface area contributed by atoms with E-state index < -0.39 is 0 Å². The molecule has 0 spiro atoms. The van der Waals surface area contributed by atoms with Crippen molar-refractivity contribution in [2.24, 2.45) is 11.8 Å². The first-order chi connectivity index (χ1) is 12.5. The summed E-state index contributed by atoms with van der Waals surface area (Å²) in [6.07, 6.45) is 4.69. The van der Waals surface area contributed by atoms with Gasteiger partial charge in [0.05, 0.1) is 12.2 Å². The molecule has 0 atom stereocenters. The number of ether oxygens (including phenoxy) is 1. The molecule has 2 aliphatic rings. The number of para-hydroxylation sites is 1. The van der Waals surface area contributed by atoms with Crippen LogP contribution >= 0.6 is 0 Å². The number of amides is 2. The van der Waals surface area contributed by atoms with Crippen LogP contribution < -0.4 is 10.1 Å². The average molecular weight is 358 g/mol. The van der Waals surface area contributed by atoms with E-state index in [-0.39, 0.29) is 11.8 Å². The second-order valence-corrected chi connectivity index (χ2v) is 7.98. The number of piperidine rings is 1. The zero-order valence-electron chi connectivity index (χ0n) is 15.9. The van der Waals surface area contributed by atoms with Gasteiger partial charge in [0.1, 0.15) is 5.75 Å². The summed E-state index contributed by atoms with van der Waals surface area (Å²) in [5.41, 5.74) is 0.615. The van der Waals surface area contributed by atoms with Crippen molar-refractivity contribution >= 4 is 11.8 Å². The number of hydrogen-bond donors (Lipinski definition) is 1. The number of nitrogens with one attached hydrogen (secondary N) is 1. The quantitative estimate of drug-likeness (QED) is 0.814. The van der Waals surface area contributed by atoms with Crippen LogP contribution in [0.5, 0.6) is 5.75 Å². The predicted octanol–water partition coefficient (Wildman–Crippen LogP) is 3.24. The van der Waals surface area contributed by atoms with Gasteiger partial charge >= 0.3 is 0 Å². The molecule has 142 valence electrons. The fourth-order valence-corrected chi connectivity index (χ4v) is 3.31. The van der Waals surface area contributed by atoms with Gasteiger partial charge in [0.25, 0.3) is 5.91 Å². The average Bonchev–Trinajstić information content (AvgIpc) is 3.44. The molecule has 0 bridgehead atoms. The van der Waals surface area contributed by atoms with Gasteiger partial charge in [0.2, 0.25) is 5.91 Å². The molecule has 1 aliphatic carbocycles. The van der Waals surface area contributed by atoms with E-state index in [1.54, 1.807) is 0 Å². The fourth-order valence-electron chi connectivity index (χ4n) is 3.31. The van der Waals surface area contributed by atoms with Crippen molar-refractivity contribution in [2.75, 3.05) is 19.7 Å². The maximum absolute atomic E-state index is 12.3. The Bertz CT molecular complexity index is 632. The molecule has 1 saturated carbocycles. The predicted molar refractivity (Wildman–Crippen MR) is 101 cm³/mol. The highest BCUT2D eigenvalue weighted by Crippen LogP contribution is 2.25. The van der Waals surface area contributed by atoms with Crippen molar-refractivity contribution in [3.63, 3.8) is 0 Å². The number of nitrogens with zero attached hydrogens (tertiary/aromatic N) is 1. The molecule has 0 radical (unpaired) electrons. The van der Waals surface area contributed by atoms with Crippen LogP contribution in [0.15, 0.2) is 24.3 Å². The number of benzene rings is 1. The first-order valence-electron chi connectivity index (χ1n) is 9.83. The number of hydrogen-bond acceptors (Lipinski definition) is 3. The zero-order chi connectivity index (χ0) is 18.5. The first kappa shape index (κ1) is 18.7. The summed E-state index contributed by atoms with van der Waals surface area (Å²) in [6, 6.07) is 7.79. The van der Waals surface area contributed by atoms with Gasteiger partial charge in [-0.1, -0.05) is 26.0 Å². The molecular weight excluding hydrogens is 328 g/mol. The van der Waals surface area contributed by atoms with Crippen LogP contribution in [0.1, 0.15) is 56.3 Å². The SMILES string of the molecule is CC(C)CC(=O)N1CCC(COc2ccccc2C(=O)NC2CC2)CC1. The molecule has 1 N–H and O–H groups in total. The molecule has 0 aromatic heterocycles. The topological polar surface area (TPSA) is 58.6 Å². The molecule has 2 amide bonds. The van der Waals surface area contributed by atoms with E-state index in [4.69, 9.17) is 4.74 Å². The minimum Gasteiger partial charge on any atom is -0.492 e. The van der Waals surface area contributed by atoms with E-state index in [0.29, 0.717) is 42.2 Å². The lowest BCUT2D eigenvalue weighted by Crippen LogP contribution is -2.40. The third-order valence-corrected chi connectivity index (χ3v) is 5.07. The molecule has 2 fully saturated rings. The molecule has 3 rings (SSSR count). The first-order valence-corrected chi connectivity index (χ1v) is 9.83. The van der Waals surface area contributed by atoms with Crippen molar-refractivity contribution in [2.45, 2.75) is 52.0 Å². The largest absolute Gasteiger partial charge is 0.492 e. The highest BCUT2D eigenvalue weighted by atomic mass is 16.5. The minimum atomic E-state index is -0.0443. The Morgan fingerprint density at radius 3 is 2.50 bits per heavy atom. The van der Waals surface area contributed by atoms with Crippen LogP contribution in [0.25, 0.3) is 0 Å². The van der Waals surface area contributed by atoms with Gasteiger partial charge < -0.3 is 15.0 Å². The van der Waals surface area contributed by atoms with Crippen LogP contribution in [-0.2, 0) is 4.79 Å². The zero-order valence-corrected chi connectivity index (χ0v) is 15.9. The lowest BCUT2D eigenvalue weighted by Gasteiger charge is -2.32. The van der Waals surface area contributed by atoms with Crippen LogP contribution in [0.2, 0.25) is 0 Å². The summed E-state index contributed by atoms with van der Waals surface area (Å²) >= 11 is 0. The highest BCUT2D eigenvalue weighted by molar-refractivity contribution is 5.97. The fraction of sp³-hybridized carbons (Fsp3) is 0.619. The van der Waals surface area contributed by atoms with E-state index in [2.05, 4.69) is 19.2 Å². The monoisotopic (exact) mass is 358 g/mol. The Labute approximate surface area is 156 Å². The van der Waals surface area contributed by atoms with E-state index in [1.165, 1.54) is 0 Å². The van der Waals surface area contributed by atoms with Gasteiger partial charge in [0.15, 0.2) is 0 Å². The van der Waals surface area contributed by atoms with Crippen LogP contribution in [0.3, 0.4) is 0 Å². The van der Waals surface area contributed by atoms with Crippen LogP contribution in [0.4, 0.5) is 0 Å². The molecule has 1 aromatic carbocycles. The van der Waals surface area contributed by atoms with Gasteiger partial charge in [-0.15, -0.1) is 0 Å². The number of likely N-dealkylation sites (tertiary alicyclic amines) is 1. The van der Waals surface area contributed by atoms with Crippen molar-refractivity contribution in [1.29, 1.82) is 0 Å². The Balaban J connectivity index is 1.48. The van der Waals surface area contributed by atoms with Gasteiger partial charge in [-0.3, -0.25) is 9.59 Å². The summed E-state index contributed by atoms with van der Waals surface area (Å²) < 4.78 is 6.00. The van der Waals surface area contributed by atoms with Gasteiger partial charge in [0, 0.05) is 25.6 Å². The molecule has 1 aromatic rings. The molecule has 1 aliphatic heterocycles. The van der Waals surface area contributed by atoms with Crippen molar-refractivity contribution in [1.82, 2.24) is 10.2 Å². The summed E-state index contributed by atoms with van der Waals surface area (Å²) in [6.45, 7) is 6.37. The number of rotatable bonds is 7. The Morgan fingerprint density at radius 1 is 1.15 bits per heavy atom. The molecule has 5 nitrogen and oxygen atoms in total. The van der Waals surface area contributed by atoms with Crippen molar-refractivity contribution in [3.8, 4) is 5.75 Å². The minimum absolute atomic E-state index is 0.0443. The third-order valence-electron chi connectivity index (χ3n) is 5.07. The normalized spacial score (nSPS) is 18.0. The lowest BCUT2D eigenvalue weighted by molar-refractivity contribution is -0.133. The highest BCUT2D eigenvalue weighted by Gasteiger charge is 2.26. The Hall–Kier alpha value is -2.04. The van der Waals surface area contributed by atoms with Gasteiger partial charge in [-0.05, 0) is 49.7 Å². The summed E-state index contributed by atoms with van der Waals surface area (Å²) in [4.78, 5) is 26.5. The van der Waals surface area contributed by atoms with Crippen molar-refractivity contribution < 1.29 is 14.3 Å². The second kappa shape index (κ2) is 8.56. The molecule has 26 heavy (non-hydrogen) atoms. The van der Waals surface area contributed by atoms with E-state index in [9.17, 15) is 9.59 Å². The Kier molecular flexibility index (Phi) is 6.17. The molecule has 1 saturated heterocycles. The van der Waals surface area contributed by atoms with Crippen molar-refractivity contribution in [3.05, 3.63) is 29.8 Å². The maximum atomic E-state index is 12.3. The molecule has 5 heteroatoms. The lowest BCUT2D eigenvalue weighted by atomic mass is 9.97. The smallest absolute Gasteiger partial charge is 0.255 e. The number of carbonyl (C=O) groups is 2. The number of carbonyl (C=O) groups excluding carboxylic acids is 2. The summed E-state index contributed by atoms with van der Waals surface area (Å²) in [7, 11) is 0. The summed E-state index contributed by atoms with van der Waals surface area (Å²) in [5.74, 6) is 1.71. The molecule has 1 heterocycles. The van der Waals surface area contributed by atoms with Crippen LogP contribution in [0, 0.1) is 11.8 Å². The molecular formula is C21H30N2O3. The second-order valence-electron chi connectivity index (χ2n) is 7.98. The third kappa shape index (κ3) is 5.23. The molecule has 0 unspecified atom stereocenters. The van der Waals surface area contributed by atoms with Crippen LogP contribution in [-0.4, -0.2) is 42.5 Å². The standard InChI is InChI=1S/C21H30N2O3/c1-15(2)13-20(24)23-11-9-16(10-12-23)14-26-19-6-4-3-5-18(19)21(25)22-17-7-8-17/h3-6,15-17H,7-14H2,1-2H3,(H,22,25). The van der Waals surface area contributed by atoms with E-state index in [1.807, 2.05) is 29.2 Å². The van der Waals surface area contributed by atoms with Gasteiger partial charge in [-0.2, -0.15) is 0 Å². The Morgan fingerprint density at radius 2 is 1.85 bits per heavy atom. The van der Waals surface area contributed by atoms with E-state index >= 15 is 0 Å². The van der Waals surface area contributed by atoms with Gasteiger partial charge in [-0.25, -0.2) is 0 Å².